The van der Waals surface area contributed by atoms with Crippen molar-refractivity contribution in [2.24, 2.45) is 11.1 Å². The maximum absolute atomic E-state index is 14.0. The molecular formula is C15H21ClFN. The van der Waals surface area contributed by atoms with Crippen LogP contribution in [0.1, 0.15) is 44.1 Å². The number of benzene rings is 1. The lowest BCUT2D eigenvalue weighted by Gasteiger charge is -2.31. The van der Waals surface area contributed by atoms with E-state index >= 15 is 0 Å². The van der Waals surface area contributed by atoms with Gasteiger partial charge >= 0.3 is 0 Å². The third-order valence-electron chi connectivity index (χ3n) is 4.19. The lowest BCUT2D eigenvalue weighted by Crippen LogP contribution is -2.32. The topological polar surface area (TPSA) is 26.0 Å². The molecule has 1 fully saturated rings. The molecular weight excluding hydrogens is 249 g/mol. The first kappa shape index (κ1) is 13.8. The molecule has 2 rings (SSSR count). The van der Waals surface area contributed by atoms with Crippen molar-refractivity contribution in [3.05, 3.63) is 34.6 Å². The first-order valence-corrected chi connectivity index (χ1v) is 7.18. The molecule has 0 spiro atoms. The third kappa shape index (κ3) is 3.04. The molecule has 0 bridgehead atoms. The summed E-state index contributed by atoms with van der Waals surface area (Å²) in [5.41, 5.74) is 6.78. The summed E-state index contributed by atoms with van der Waals surface area (Å²) < 4.78 is 14.0. The second kappa shape index (κ2) is 6.03. The SMILES string of the molecule is NCC1(Cc2cccc(Cl)c2F)CCCCCC1. The van der Waals surface area contributed by atoms with Crippen LogP contribution >= 0.6 is 11.6 Å². The average molecular weight is 270 g/mol. The third-order valence-corrected chi connectivity index (χ3v) is 4.49. The Bertz CT molecular complexity index is 397. The minimum Gasteiger partial charge on any atom is -0.330 e. The van der Waals surface area contributed by atoms with Gasteiger partial charge in [-0.15, -0.1) is 0 Å². The lowest BCUT2D eigenvalue weighted by atomic mass is 9.75. The number of hydrogen-bond acceptors (Lipinski definition) is 1. The molecule has 0 aromatic heterocycles. The zero-order valence-electron chi connectivity index (χ0n) is 10.7. The van der Waals surface area contributed by atoms with Crippen LogP contribution in [-0.4, -0.2) is 6.54 Å². The summed E-state index contributed by atoms with van der Waals surface area (Å²) in [4.78, 5) is 0. The van der Waals surface area contributed by atoms with Crippen molar-refractivity contribution >= 4 is 11.6 Å². The number of rotatable bonds is 3. The molecule has 0 atom stereocenters. The van der Waals surface area contributed by atoms with Gasteiger partial charge in [-0.1, -0.05) is 49.4 Å². The molecule has 0 unspecified atom stereocenters. The zero-order valence-corrected chi connectivity index (χ0v) is 11.5. The Morgan fingerprint density at radius 1 is 1.17 bits per heavy atom. The molecule has 2 N–H and O–H groups in total. The molecule has 18 heavy (non-hydrogen) atoms. The summed E-state index contributed by atoms with van der Waals surface area (Å²) in [7, 11) is 0. The molecule has 0 amide bonds. The Hall–Kier alpha value is -0.600. The van der Waals surface area contributed by atoms with Crippen molar-refractivity contribution < 1.29 is 4.39 Å². The second-order valence-electron chi connectivity index (χ2n) is 5.51. The first-order chi connectivity index (χ1) is 8.67. The van der Waals surface area contributed by atoms with Gasteiger partial charge in [-0.3, -0.25) is 0 Å². The lowest BCUT2D eigenvalue weighted by molar-refractivity contribution is 0.249. The van der Waals surface area contributed by atoms with Gasteiger partial charge in [0.15, 0.2) is 0 Å². The molecule has 0 aliphatic heterocycles. The van der Waals surface area contributed by atoms with Gasteiger partial charge in [0, 0.05) is 0 Å². The molecule has 1 aromatic carbocycles. The highest BCUT2D eigenvalue weighted by molar-refractivity contribution is 6.30. The Labute approximate surface area is 114 Å². The van der Waals surface area contributed by atoms with Crippen LogP contribution in [0, 0.1) is 11.2 Å². The van der Waals surface area contributed by atoms with E-state index in [9.17, 15) is 4.39 Å². The monoisotopic (exact) mass is 269 g/mol. The molecule has 1 saturated carbocycles. The average Bonchev–Trinajstić information content (AvgIpc) is 2.61. The normalized spacial score (nSPS) is 19.5. The van der Waals surface area contributed by atoms with Gasteiger partial charge < -0.3 is 5.73 Å². The maximum atomic E-state index is 14.0. The van der Waals surface area contributed by atoms with Gasteiger partial charge in [-0.2, -0.15) is 0 Å². The van der Waals surface area contributed by atoms with E-state index in [1.807, 2.05) is 12.1 Å². The number of hydrogen-bond donors (Lipinski definition) is 1. The van der Waals surface area contributed by atoms with E-state index in [2.05, 4.69) is 0 Å². The highest BCUT2D eigenvalue weighted by Gasteiger charge is 2.30. The maximum Gasteiger partial charge on any atom is 0.144 e. The highest BCUT2D eigenvalue weighted by atomic mass is 35.5. The minimum absolute atomic E-state index is 0.0715. The summed E-state index contributed by atoms with van der Waals surface area (Å²) in [6.45, 7) is 0.638. The van der Waals surface area contributed by atoms with E-state index < -0.39 is 0 Å². The van der Waals surface area contributed by atoms with Crippen molar-refractivity contribution in [3.8, 4) is 0 Å². The van der Waals surface area contributed by atoms with Gasteiger partial charge in [-0.05, 0) is 42.9 Å². The van der Waals surface area contributed by atoms with E-state index in [0.29, 0.717) is 6.54 Å². The van der Waals surface area contributed by atoms with Crippen LogP contribution in [0.4, 0.5) is 4.39 Å². The summed E-state index contributed by atoms with van der Waals surface area (Å²) >= 11 is 5.85. The van der Waals surface area contributed by atoms with Crippen molar-refractivity contribution in [2.75, 3.05) is 6.54 Å². The van der Waals surface area contributed by atoms with Crippen LogP contribution < -0.4 is 5.73 Å². The van der Waals surface area contributed by atoms with Crippen molar-refractivity contribution in [1.29, 1.82) is 0 Å². The van der Waals surface area contributed by atoms with Crippen LogP contribution in [0.15, 0.2) is 18.2 Å². The molecule has 1 nitrogen and oxygen atoms in total. The van der Waals surface area contributed by atoms with Crippen LogP contribution in [0.2, 0.25) is 5.02 Å². The van der Waals surface area contributed by atoms with Crippen LogP contribution in [0.3, 0.4) is 0 Å². The zero-order chi connectivity index (χ0) is 13.0. The summed E-state index contributed by atoms with van der Waals surface area (Å²) in [5, 5.41) is 0.216. The molecule has 0 saturated heterocycles. The number of nitrogens with two attached hydrogens (primary N) is 1. The standard InChI is InChI=1S/C15H21ClFN/c16-13-7-5-6-12(14(13)17)10-15(11-18)8-3-1-2-4-9-15/h5-7H,1-4,8-11,18H2. The predicted molar refractivity (Wildman–Crippen MR) is 74.3 cm³/mol. The van der Waals surface area contributed by atoms with Gasteiger partial charge in [0.25, 0.3) is 0 Å². The molecule has 1 aliphatic rings. The first-order valence-electron chi connectivity index (χ1n) is 6.80. The Balaban J connectivity index is 2.21. The van der Waals surface area contributed by atoms with E-state index in [-0.39, 0.29) is 16.3 Å². The fourth-order valence-corrected chi connectivity index (χ4v) is 3.21. The Kier molecular flexibility index (Phi) is 4.63. The minimum atomic E-state index is -0.267. The van der Waals surface area contributed by atoms with Gasteiger partial charge in [-0.25, -0.2) is 4.39 Å². The van der Waals surface area contributed by atoms with Gasteiger partial charge in [0.1, 0.15) is 5.82 Å². The Morgan fingerprint density at radius 3 is 2.44 bits per heavy atom. The van der Waals surface area contributed by atoms with E-state index in [0.717, 1.165) is 24.8 Å². The van der Waals surface area contributed by atoms with E-state index in [1.54, 1.807) is 6.07 Å². The van der Waals surface area contributed by atoms with Crippen LogP contribution in [0.25, 0.3) is 0 Å². The van der Waals surface area contributed by atoms with Crippen LogP contribution in [0.5, 0.6) is 0 Å². The fourth-order valence-electron chi connectivity index (χ4n) is 3.02. The molecule has 0 heterocycles. The summed E-state index contributed by atoms with van der Waals surface area (Å²) in [5.74, 6) is -0.267. The van der Waals surface area contributed by atoms with Gasteiger partial charge in [0.05, 0.1) is 5.02 Å². The quantitative estimate of drug-likeness (QED) is 0.813. The smallest absolute Gasteiger partial charge is 0.144 e. The largest absolute Gasteiger partial charge is 0.330 e. The second-order valence-corrected chi connectivity index (χ2v) is 5.92. The molecule has 100 valence electrons. The molecule has 1 aliphatic carbocycles. The van der Waals surface area contributed by atoms with Crippen LogP contribution in [-0.2, 0) is 6.42 Å². The summed E-state index contributed by atoms with van der Waals surface area (Å²) in [6.07, 6.45) is 7.90. The van der Waals surface area contributed by atoms with Gasteiger partial charge in [0.2, 0.25) is 0 Å². The Morgan fingerprint density at radius 2 is 1.83 bits per heavy atom. The molecule has 3 heteroatoms. The fraction of sp³-hybridized carbons (Fsp3) is 0.600. The van der Waals surface area contributed by atoms with Crippen molar-refractivity contribution in [2.45, 2.75) is 44.9 Å². The molecule has 1 aromatic rings. The molecule has 0 radical (unpaired) electrons. The van der Waals surface area contributed by atoms with E-state index in [1.165, 1.54) is 25.7 Å². The number of halogens is 2. The predicted octanol–water partition coefficient (Wildman–Crippen LogP) is 4.32. The highest BCUT2D eigenvalue weighted by Crippen LogP contribution is 2.38. The van der Waals surface area contributed by atoms with Crippen molar-refractivity contribution in [3.63, 3.8) is 0 Å². The summed E-state index contributed by atoms with van der Waals surface area (Å²) in [6, 6.07) is 5.26. The van der Waals surface area contributed by atoms with E-state index in [4.69, 9.17) is 17.3 Å². The van der Waals surface area contributed by atoms with Crippen molar-refractivity contribution in [1.82, 2.24) is 0 Å².